The molecule has 1 aromatic rings. The van der Waals surface area contributed by atoms with Crippen molar-refractivity contribution in [3.8, 4) is 0 Å². The molecule has 4 N–H and O–H groups in total. The summed E-state index contributed by atoms with van der Waals surface area (Å²) >= 11 is 8.94. The number of anilines is 1. The fourth-order valence-corrected chi connectivity index (χ4v) is 1.53. The van der Waals surface area contributed by atoms with Crippen LogP contribution in [0, 0.1) is 10.1 Å². The molecule has 0 atom stereocenters. The van der Waals surface area contributed by atoms with E-state index in [1.165, 1.54) is 0 Å². The molecule has 0 radical (unpaired) electrons. The molecule has 0 bridgehead atoms. The predicted octanol–water partition coefficient (Wildman–Crippen LogP) is 2.13. The van der Waals surface area contributed by atoms with Crippen LogP contribution in [-0.2, 0) is 0 Å². The molecular weight excluding hydrogens is 285 g/mol. The van der Waals surface area contributed by atoms with Crippen molar-refractivity contribution >= 4 is 38.3 Å². The Bertz CT molecular complexity index is 448. The molecule has 0 aliphatic carbocycles. The van der Waals surface area contributed by atoms with Crippen LogP contribution in [0.1, 0.15) is 5.56 Å². The van der Waals surface area contributed by atoms with Gasteiger partial charge in [-0.25, -0.2) is 0 Å². The SMILES string of the molecule is N/C(=C(/Cl)c1cc(Br)ccc1N)[N+](=O)[O-]. The van der Waals surface area contributed by atoms with E-state index in [-0.39, 0.29) is 5.03 Å². The van der Waals surface area contributed by atoms with Crippen LogP contribution in [0.3, 0.4) is 0 Å². The summed E-state index contributed by atoms with van der Waals surface area (Å²) in [5.41, 5.74) is 11.5. The molecule has 0 saturated carbocycles. The normalized spacial score (nSPS) is 12.1. The zero-order valence-corrected chi connectivity index (χ0v) is 9.75. The van der Waals surface area contributed by atoms with E-state index in [2.05, 4.69) is 15.9 Å². The lowest BCUT2D eigenvalue weighted by Gasteiger charge is -2.05. The molecule has 0 aromatic heterocycles. The number of nitrogens with two attached hydrogens (primary N) is 2. The summed E-state index contributed by atoms with van der Waals surface area (Å²) in [5, 5.41) is 10.2. The van der Waals surface area contributed by atoms with Crippen molar-refractivity contribution in [2.24, 2.45) is 5.73 Å². The maximum atomic E-state index is 10.4. The minimum Gasteiger partial charge on any atom is -0.398 e. The van der Waals surface area contributed by atoms with Crippen LogP contribution in [0.25, 0.3) is 5.03 Å². The monoisotopic (exact) mass is 291 g/mol. The van der Waals surface area contributed by atoms with Gasteiger partial charge in [0.1, 0.15) is 5.03 Å². The highest BCUT2D eigenvalue weighted by atomic mass is 79.9. The molecule has 0 aliphatic rings. The third-order valence-corrected chi connectivity index (χ3v) is 2.56. The van der Waals surface area contributed by atoms with E-state index in [9.17, 15) is 10.1 Å². The number of nitro groups is 1. The van der Waals surface area contributed by atoms with Crippen molar-refractivity contribution in [2.75, 3.05) is 5.73 Å². The van der Waals surface area contributed by atoms with Gasteiger partial charge in [-0.3, -0.25) is 5.73 Å². The molecule has 0 amide bonds. The Morgan fingerprint density at radius 1 is 1.53 bits per heavy atom. The lowest BCUT2D eigenvalue weighted by Crippen LogP contribution is -2.10. The fraction of sp³-hybridized carbons (Fsp3) is 0. The van der Waals surface area contributed by atoms with Crippen LogP contribution in [0.4, 0.5) is 5.69 Å². The van der Waals surface area contributed by atoms with E-state index < -0.39 is 10.7 Å². The molecular formula is C8H7BrClN3O2. The second-order valence-corrected chi connectivity index (χ2v) is 3.98. The average Bonchev–Trinajstić information content (AvgIpc) is 2.19. The Kier molecular flexibility index (Phi) is 3.54. The highest BCUT2D eigenvalue weighted by molar-refractivity contribution is 9.10. The summed E-state index contributed by atoms with van der Waals surface area (Å²) in [4.78, 5) is 9.63. The van der Waals surface area contributed by atoms with Crippen molar-refractivity contribution in [1.82, 2.24) is 0 Å². The van der Waals surface area contributed by atoms with Crippen molar-refractivity contribution in [2.45, 2.75) is 0 Å². The predicted molar refractivity (Wildman–Crippen MR) is 62.5 cm³/mol. The van der Waals surface area contributed by atoms with Crippen LogP contribution in [0.15, 0.2) is 28.5 Å². The fourth-order valence-electron chi connectivity index (χ4n) is 0.937. The smallest absolute Gasteiger partial charge is 0.333 e. The third kappa shape index (κ3) is 2.60. The highest BCUT2D eigenvalue weighted by Crippen LogP contribution is 2.29. The van der Waals surface area contributed by atoms with E-state index >= 15 is 0 Å². The van der Waals surface area contributed by atoms with E-state index in [4.69, 9.17) is 23.1 Å². The van der Waals surface area contributed by atoms with Gasteiger partial charge in [-0.1, -0.05) is 27.5 Å². The molecule has 5 nitrogen and oxygen atoms in total. The minimum atomic E-state index is -0.761. The zero-order valence-electron chi connectivity index (χ0n) is 7.41. The molecule has 1 rings (SSSR count). The first-order valence-corrected chi connectivity index (χ1v) is 4.95. The number of rotatable bonds is 2. The van der Waals surface area contributed by atoms with Gasteiger partial charge in [0.2, 0.25) is 0 Å². The lowest BCUT2D eigenvalue weighted by atomic mass is 10.1. The van der Waals surface area contributed by atoms with Crippen molar-refractivity contribution < 1.29 is 4.92 Å². The molecule has 1 aromatic carbocycles. The standard InChI is InChI=1S/C8H7BrClN3O2/c9-4-1-2-6(11)5(3-4)7(10)8(12)13(14)15/h1-3H,11-12H2/b8-7-. The van der Waals surface area contributed by atoms with Gasteiger partial charge < -0.3 is 15.8 Å². The maximum Gasteiger partial charge on any atom is 0.333 e. The van der Waals surface area contributed by atoms with Gasteiger partial charge in [-0.05, 0) is 23.1 Å². The first-order valence-electron chi connectivity index (χ1n) is 3.78. The van der Waals surface area contributed by atoms with E-state index in [0.29, 0.717) is 15.7 Å². The summed E-state index contributed by atoms with van der Waals surface area (Å²) in [7, 11) is 0. The van der Waals surface area contributed by atoms with Crippen LogP contribution >= 0.6 is 27.5 Å². The number of benzene rings is 1. The average molecular weight is 293 g/mol. The van der Waals surface area contributed by atoms with Gasteiger partial charge in [0.05, 0.1) is 0 Å². The Hall–Kier alpha value is -1.27. The minimum absolute atomic E-state index is 0.168. The Morgan fingerprint density at radius 3 is 2.67 bits per heavy atom. The van der Waals surface area contributed by atoms with Crippen LogP contribution in [0.5, 0.6) is 0 Å². The van der Waals surface area contributed by atoms with Gasteiger partial charge in [0.25, 0.3) is 0 Å². The quantitative estimate of drug-likeness (QED) is 0.496. The van der Waals surface area contributed by atoms with Gasteiger partial charge in [0.15, 0.2) is 0 Å². The van der Waals surface area contributed by atoms with Gasteiger partial charge in [-0.15, -0.1) is 0 Å². The molecule has 7 heteroatoms. The summed E-state index contributed by atoms with van der Waals surface area (Å²) in [6, 6.07) is 4.84. The number of nitrogens with zero attached hydrogens (tertiary/aromatic N) is 1. The second-order valence-electron chi connectivity index (χ2n) is 2.69. The number of nitrogen functional groups attached to an aromatic ring is 1. The Morgan fingerprint density at radius 2 is 2.13 bits per heavy atom. The first-order chi connectivity index (χ1) is 6.93. The molecule has 0 fully saturated rings. The second kappa shape index (κ2) is 4.50. The van der Waals surface area contributed by atoms with Crippen molar-refractivity contribution in [3.63, 3.8) is 0 Å². The maximum absolute atomic E-state index is 10.4. The summed E-state index contributed by atoms with van der Waals surface area (Å²) in [5.74, 6) is -0.624. The topological polar surface area (TPSA) is 95.2 Å². The molecule has 0 aliphatic heterocycles. The Balaban J connectivity index is 3.33. The summed E-state index contributed by atoms with van der Waals surface area (Å²) in [6.07, 6.45) is 0. The van der Waals surface area contributed by atoms with Gasteiger partial charge in [-0.2, -0.15) is 0 Å². The number of halogens is 2. The van der Waals surface area contributed by atoms with Crippen LogP contribution < -0.4 is 11.5 Å². The van der Waals surface area contributed by atoms with Gasteiger partial charge in [0, 0.05) is 15.7 Å². The van der Waals surface area contributed by atoms with E-state index in [1.807, 2.05) is 0 Å². The van der Waals surface area contributed by atoms with Crippen LogP contribution in [-0.4, -0.2) is 4.92 Å². The molecule has 80 valence electrons. The van der Waals surface area contributed by atoms with Crippen molar-refractivity contribution in [1.29, 1.82) is 0 Å². The molecule has 0 spiro atoms. The molecule has 15 heavy (non-hydrogen) atoms. The summed E-state index contributed by atoms with van der Waals surface area (Å²) in [6.45, 7) is 0. The van der Waals surface area contributed by atoms with Crippen LogP contribution in [0.2, 0.25) is 0 Å². The largest absolute Gasteiger partial charge is 0.398 e. The highest BCUT2D eigenvalue weighted by Gasteiger charge is 2.14. The number of hydrogen-bond donors (Lipinski definition) is 2. The third-order valence-electron chi connectivity index (χ3n) is 1.67. The molecule has 0 saturated heterocycles. The van der Waals surface area contributed by atoms with Gasteiger partial charge >= 0.3 is 5.82 Å². The zero-order chi connectivity index (χ0) is 11.6. The molecule has 0 unspecified atom stereocenters. The van der Waals surface area contributed by atoms with E-state index in [1.54, 1.807) is 18.2 Å². The lowest BCUT2D eigenvalue weighted by molar-refractivity contribution is -0.425. The Labute approximate surface area is 99.0 Å². The summed E-state index contributed by atoms with van der Waals surface area (Å²) < 4.78 is 0.709. The number of hydrogen-bond acceptors (Lipinski definition) is 4. The van der Waals surface area contributed by atoms with Crippen molar-refractivity contribution in [3.05, 3.63) is 44.2 Å². The molecule has 0 heterocycles. The van der Waals surface area contributed by atoms with E-state index in [0.717, 1.165) is 0 Å². The first kappa shape index (κ1) is 11.8.